The molecule has 3 rings (SSSR count). The molecule has 0 atom stereocenters. The van der Waals surface area contributed by atoms with Crippen molar-refractivity contribution in [1.29, 1.82) is 0 Å². The van der Waals surface area contributed by atoms with Crippen molar-refractivity contribution in [3.63, 3.8) is 0 Å². The lowest BCUT2D eigenvalue weighted by atomic mass is 10.2. The van der Waals surface area contributed by atoms with Crippen LogP contribution in [0, 0.1) is 0 Å². The summed E-state index contributed by atoms with van der Waals surface area (Å²) in [5.74, 6) is -0.391. The maximum Gasteiger partial charge on any atom is 0.293 e. The molecule has 0 aliphatic rings. The van der Waals surface area contributed by atoms with Crippen LogP contribution in [0.2, 0.25) is 5.02 Å². The van der Waals surface area contributed by atoms with Crippen molar-refractivity contribution in [2.45, 2.75) is 6.54 Å². The number of rotatable bonds is 5. The minimum Gasteiger partial charge on any atom is -0.266 e. The summed E-state index contributed by atoms with van der Waals surface area (Å²) < 4.78 is 3.22. The number of hydrogen-bond donors (Lipinski definition) is 1. The van der Waals surface area contributed by atoms with Gasteiger partial charge < -0.3 is 0 Å². The van der Waals surface area contributed by atoms with Crippen molar-refractivity contribution < 1.29 is 4.79 Å². The fourth-order valence-electron chi connectivity index (χ4n) is 2.21. The van der Waals surface area contributed by atoms with Gasteiger partial charge in [-0.15, -0.1) is 0 Å². The smallest absolute Gasteiger partial charge is 0.266 e. The number of nitrogens with one attached hydrogen (secondary N) is 1. The van der Waals surface area contributed by atoms with Crippen LogP contribution in [0.5, 0.6) is 0 Å². The minimum absolute atomic E-state index is 0.269. The van der Waals surface area contributed by atoms with Crippen LogP contribution < -0.4 is 5.43 Å². The van der Waals surface area contributed by atoms with Gasteiger partial charge in [-0.1, -0.05) is 51.8 Å². The van der Waals surface area contributed by atoms with E-state index in [0.717, 1.165) is 15.6 Å². The zero-order chi connectivity index (χ0) is 18.5. The number of nitrogens with zero attached hydrogens (tertiary/aromatic N) is 3. The Hall–Kier alpha value is -1.96. The van der Waals surface area contributed by atoms with Gasteiger partial charge in [-0.05, 0) is 51.3 Å². The van der Waals surface area contributed by atoms with Crippen molar-refractivity contribution in [2.24, 2.45) is 5.10 Å². The van der Waals surface area contributed by atoms with Gasteiger partial charge in [0.1, 0.15) is 0 Å². The molecule has 2 aromatic carbocycles. The second kappa shape index (κ2) is 8.62. The van der Waals surface area contributed by atoms with Crippen molar-refractivity contribution >= 4 is 55.6 Å². The van der Waals surface area contributed by atoms with Crippen LogP contribution in [0.4, 0.5) is 0 Å². The Morgan fingerprint density at radius 1 is 1.23 bits per heavy atom. The summed E-state index contributed by atoms with van der Waals surface area (Å²) in [6.45, 7) is 0.532. The van der Waals surface area contributed by atoms with Gasteiger partial charge in [0.2, 0.25) is 0 Å². The molecule has 1 heterocycles. The molecule has 1 N–H and O–H groups in total. The van der Waals surface area contributed by atoms with Crippen LogP contribution in [-0.2, 0) is 6.54 Å². The van der Waals surface area contributed by atoms with Crippen molar-refractivity contribution in [3.8, 4) is 0 Å². The highest BCUT2D eigenvalue weighted by Crippen LogP contribution is 2.17. The molecule has 0 bridgehead atoms. The van der Waals surface area contributed by atoms with Crippen LogP contribution in [0.15, 0.2) is 68.8 Å². The molecule has 0 fully saturated rings. The standard InChI is InChI=1S/C18H13Br2ClN4O/c19-14-3-1-2-13(8-14)9-22-23-18(26)17-16(20)11-25(24-17)10-12-4-6-15(21)7-5-12/h1-9,11H,10H2,(H,23,26)/b22-9+. The molecule has 0 unspecified atom stereocenters. The van der Waals surface area contributed by atoms with Crippen LogP contribution in [0.3, 0.4) is 0 Å². The SMILES string of the molecule is O=C(N/N=C/c1cccc(Br)c1)c1nn(Cc2ccc(Cl)cc2)cc1Br. The highest BCUT2D eigenvalue weighted by molar-refractivity contribution is 9.10. The Morgan fingerprint density at radius 2 is 2.00 bits per heavy atom. The van der Waals surface area contributed by atoms with E-state index in [4.69, 9.17) is 11.6 Å². The van der Waals surface area contributed by atoms with E-state index in [-0.39, 0.29) is 5.69 Å². The molecule has 0 saturated heterocycles. The van der Waals surface area contributed by atoms with E-state index in [9.17, 15) is 4.79 Å². The average Bonchev–Trinajstić information content (AvgIpc) is 2.97. The number of carbonyl (C=O) groups is 1. The highest BCUT2D eigenvalue weighted by Gasteiger charge is 2.14. The molecule has 0 spiro atoms. The van der Waals surface area contributed by atoms with Gasteiger partial charge in [0.05, 0.1) is 17.2 Å². The Morgan fingerprint density at radius 3 is 2.73 bits per heavy atom. The van der Waals surface area contributed by atoms with Gasteiger partial charge in [-0.3, -0.25) is 9.48 Å². The number of hydrazone groups is 1. The van der Waals surface area contributed by atoms with Gasteiger partial charge in [-0.2, -0.15) is 10.2 Å². The molecule has 3 aromatic rings. The van der Waals surface area contributed by atoms with Crippen LogP contribution >= 0.6 is 43.5 Å². The largest absolute Gasteiger partial charge is 0.293 e. The molecule has 0 saturated carbocycles. The Labute approximate surface area is 172 Å². The summed E-state index contributed by atoms with van der Waals surface area (Å²) in [4.78, 5) is 12.3. The van der Waals surface area contributed by atoms with Crippen molar-refractivity contribution in [1.82, 2.24) is 15.2 Å². The van der Waals surface area contributed by atoms with Crippen LogP contribution in [-0.4, -0.2) is 21.9 Å². The minimum atomic E-state index is -0.391. The summed E-state index contributed by atoms with van der Waals surface area (Å²) in [5.41, 5.74) is 4.65. The summed E-state index contributed by atoms with van der Waals surface area (Å²) >= 11 is 12.6. The van der Waals surface area contributed by atoms with E-state index < -0.39 is 5.91 Å². The first kappa shape index (κ1) is 18.8. The second-order valence-electron chi connectivity index (χ2n) is 5.40. The van der Waals surface area contributed by atoms with Gasteiger partial charge in [-0.25, -0.2) is 5.43 Å². The van der Waals surface area contributed by atoms with E-state index in [1.807, 2.05) is 48.5 Å². The normalized spacial score (nSPS) is 11.0. The van der Waals surface area contributed by atoms with E-state index >= 15 is 0 Å². The number of halogens is 3. The zero-order valence-electron chi connectivity index (χ0n) is 13.4. The predicted molar refractivity (Wildman–Crippen MR) is 110 cm³/mol. The van der Waals surface area contributed by atoms with E-state index in [2.05, 4.69) is 47.5 Å². The molecule has 26 heavy (non-hydrogen) atoms. The molecule has 8 heteroatoms. The highest BCUT2D eigenvalue weighted by atomic mass is 79.9. The van der Waals surface area contributed by atoms with E-state index in [1.54, 1.807) is 17.1 Å². The third kappa shape index (κ3) is 5.03. The third-order valence-electron chi connectivity index (χ3n) is 3.42. The van der Waals surface area contributed by atoms with Crippen molar-refractivity contribution in [2.75, 3.05) is 0 Å². The topological polar surface area (TPSA) is 59.3 Å². The lowest BCUT2D eigenvalue weighted by Crippen LogP contribution is -2.19. The number of hydrogen-bond acceptors (Lipinski definition) is 3. The second-order valence-corrected chi connectivity index (χ2v) is 7.61. The first-order valence-corrected chi connectivity index (χ1v) is 9.54. The molecule has 0 aliphatic heterocycles. The summed E-state index contributed by atoms with van der Waals surface area (Å²) in [5, 5.41) is 8.96. The Bertz CT molecular complexity index is 954. The molecule has 0 radical (unpaired) electrons. The number of benzene rings is 2. The predicted octanol–water partition coefficient (Wildman–Crippen LogP) is 4.87. The zero-order valence-corrected chi connectivity index (χ0v) is 17.3. The first-order valence-electron chi connectivity index (χ1n) is 7.57. The molecule has 1 amide bonds. The monoisotopic (exact) mass is 494 g/mol. The summed E-state index contributed by atoms with van der Waals surface area (Å²) in [7, 11) is 0. The molecule has 5 nitrogen and oxygen atoms in total. The third-order valence-corrected chi connectivity index (χ3v) is 4.74. The molecule has 132 valence electrons. The molecule has 0 aliphatic carbocycles. The Kier molecular flexibility index (Phi) is 6.24. The van der Waals surface area contributed by atoms with Gasteiger partial charge in [0.15, 0.2) is 5.69 Å². The number of carbonyl (C=O) groups excluding carboxylic acids is 1. The molecular formula is C18H13Br2ClN4O. The van der Waals surface area contributed by atoms with Gasteiger partial charge in [0.25, 0.3) is 5.91 Å². The lowest BCUT2D eigenvalue weighted by Gasteiger charge is -2.01. The molecule has 1 aromatic heterocycles. The van der Waals surface area contributed by atoms with E-state index in [1.165, 1.54) is 0 Å². The summed E-state index contributed by atoms with van der Waals surface area (Å²) in [6, 6.07) is 15.1. The maximum atomic E-state index is 12.3. The lowest BCUT2D eigenvalue weighted by molar-refractivity contribution is 0.0948. The fraction of sp³-hybridized carbons (Fsp3) is 0.0556. The quantitative estimate of drug-likeness (QED) is 0.405. The van der Waals surface area contributed by atoms with Gasteiger partial charge >= 0.3 is 0 Å². The number of aromatic nitrogens is 2. The van der Waals surface area contributed by atoms with E-state index in [0.29, 0.717) is 16.0 Å². The Balaban J connectivity index is 1.66. The van der Waals surface area contributed by atoms with Crippen LogP contribution in [0.25, 0.3) is 0 Å². The van der Waals surface area contributed by atoms with Crippen molar-refractivity contribution in [3.05, 3.63) is 85.5 Å². The maximum absolute atomic E-state index is 12.3. The fourth-order valence-corrected chi connectivity index (χ4v) is 3.25. The summed E-state index contributed by atoms with van der Waals surface area (Å²) in [6.07, 6.45) is 3.32. The number of amides is 1. The van der Waals surface area contributed by atoms with Gasteiger partial charge in [0, 0.05) is 15.7 Å². The van der Waals surface area contributed by atoms with Crippen LogP contribution in [0.1, 0.15) is 21.6 Å². The average molecular weight is 497 g/mol. The first-order chi connectivity index (χ1) is 12.5. The molecular weight excluding hydrogens is 483 g/mol.